The first-order chi connectivity index (χ1) is 16.6. The van der Waals surface area contributed by atoms with Crippen LogP contribution in [0.4, 0.5) is 5.00 Å². The molecule has 1 aliphatic rings. The first kappa shape index (κ1) is 23.4. The molecule has 2 N–H and O–H groups in total. The van der Waals surface area contributed by atoms with Crippen LogP contribution in [0.3, 0.4) is 0 Å². The molecule has 2 heterocycles. The van der Waals surface area contributed by atoms with Crippen LogP contribution in [0.1, 0.15) is 38.8 Å². The van der Waals surface area contributed by atoms with Crippen LogP contribution in [0.5, 0.6) is 0 Å². The summed E-state index contributed by atoms with van der Waals surface area (Å²) in [5, 5.41) is 12.8. The van der Waals surface area contributed by atoms with Gasteiger partial charge in [0, 0.05) is 12.0 Å². The van der Waals surface area contributed by atoms with Gasteiger partial charge in [-0.2, -0.15) is 5.26 Å². The van der Waals surface area contributed by atoms with Crippen molar-refractivity contribution >= 4 is 34.3 Å². The number of fused-ring (bicyclic) bond motifs is 1. The predicted molar refractivity (Wildman–Crippen MR) is 132 cm³/mol. The molecule has 1 aliphatic heterocycles. The predicted octanol–water partition coefficient (Wildman–Crippen LogP) is 3.61. The van der Waals surface area contributed by atoms with E-state index >= 15 is 0 Å². The first-order valence-electron chi connectivity index (χ1n) is 11.3. The van der Waals surface area contributed by atoms with Crippen LogP contribution < -0.4 is 10.2 Å². The quantitative estimate of drug-likeness (QED) is 0.313. The zero-order valence-corrected chi connectivity index (χ0v) is 19.8. The molecule has 1 amide bonds. The van der Waals surface area contributed by atoms with Gasteiger partial charge in [0.1, 0.15) is 29.7 Å². The van der Waals surface area contributed by atoms with Crippen LogP contribution >= 0.6 is 11.3 Å². The van der Waals surface area contributed by atoms with E-state index in [-0.39, 0.29) is 12.2 Å². The van der Waals surface area contributed by atoms with E-state index in [4.69, 9.17) is 4.74 Å². The van der Waals surface area contributed by atoms with Crippen LogP contribution in [0.15, 0.2) is 66.2 Å². The van der Waals surface area contributed by atoms with E-state index in [9.17, 15) is 14.9 Å². The lowest BCUT2D eigenvalue weighted by atomic mass is 10.0. The Morgan fingerprint density at radius 1 is 1.15 bits per heavy atom. The summed E-state index contributed by atoms with van der Waals surface area (Å²) in [6.45, 7) is 4.56. The summed E-state index contributed by atoms with van der Waals surface area (Å²) in [7, 11) is 0. The number of hydrogen-bond acceptors (Lipinski definition) is 5. The molecule has 0 radical (unpaired) electrons. The zero-order valence-electron chi connectivity index (χ0n) is 19.0. The Morgan fingerprint density at radius 3 is 2.53 bits per heavy atom. The standard InChI is InChI=1S/C27H25N3O3S/c1-2-33-27(32)24-22-13-14-30(17-20-11-7-4-8-12-20)18-23(22)34-26(24)29-25(31)21(16-28)15-19-9-5-3-6-10-19/h3-12,15H,2,13-14,17-18H2,1H3,(H,29,31)/p+1/b21-15+. The minimum absolute atomic E-state index is 0.0243. The van der Waals surface area contributed by atoms with Crippen LogP contribution in [-0.4, -0.2) is 25.0 Å². The zero-order chi connectivity index (χ0) is 23.9. The first-order valence-corrected chi connectivity index (χ1v) is 12.1. The van der Waals surface area contributed by atoms with Gasteiger partial charge in [-0.3, -0.25) is 4.79 Å². The van der Waals surface area contributed by atoms with Crippen molar-refractivity contribution in [2.75, 3.05) is 18.5 Å². The Hall–Kier alpha value is -3.73. The van der Waals surface area contributed by atoms with Crippen molar-refractivity contribution in [2.45, 2.75) is 26.4 Å². The number of rotatable bonds is 7. The number of amides is 1. The number of quaternary nitrogens is 1. The van der Waals surface area contributed by atoms with Crippen LogP contribution in [0.2, 0.25) is 0 Å². The van der Waals surface area contributed by atoms with E-state index in [1.54, 1.807) is 13.0 Å². The smallest absolute Gasteiger partial charge is 0.341 e. The Labute approximate surface area is 203 Å². The van der Waals surface area contributed by atoms with Crippen molar-refractivity contribution in [1.82, 2.24) is 0 Å². The maximum atomic E-state index is 12.9. The number of anilines is 1. The van der Waals surface area contributed by atoms with Gasteiger partial charge >= 0.3 is 5.97 Å². The molecule has 0 bridgehead atoms. The number of carbonyl (C=O) groups excluding carboxylic acids is 2. The topological polar surface area (TPSA) is 83.6 Å². The van der Waals surface area contributed by atoms with Gasteiger partial charge in [0.2, 0.25) is 0 Å². The van der Waals surface area contributed by atoms with E-state index in [0.29, 0.717) is 10.6 Å². The Balaban J connectivity index is 1.60. The van der Waals surface area contributed by atoms with Gasteiger partial charge in [-0.25, -0.2) is 4.79 Å². The average Bonchev–Trinajstić information content (AvgIpc) is 3.21. The number of nitrogens with one attached hydrogen (secondary N) is 2. The van der Waals surface area contributed by atoms with Gasteiger partial charge in [-0.1, -0.05) is 60.7 Å². The molecule has 1 atom stereocenters. The van der Waals surface area contributed by atoms with Crippen molar-refractivity contribution in [3.63, 3.8) is 0 Å². The molecule has 7 heteroatoms. The van der Waals surface area contributed by atoms with E-state index < -0.39 is 11.9 Å². The molecule has 34 heavy (non-hydrogen) atoms. The molecule has 1 unspecified atom stereocenters. The minimum Gasteiger partial charge on any atom is -0.462 e. The summed E-state index contributed by atoms with van der Waals surface area (Å²) < 4.78 is 5.31. The maximum Gasteiger partial charge on any atom is 0.341 e. The van der Waals surface area contributed by atoms with Crippen molar-refractivity contribution in [3.8, 4) is 6.07 Å². The molecule has 0 saturated carbocycles. The summed E-state index contributed by atoms with van der Waals surface area (Å²) >= 11 is 1.40. The second-order valence-electron chi connectivity index (χ2n) is 8.05. The van der Waals surface area contributed by atoms with Gasteiger partial charge in [0.05, 0.1) is 23.6 Å². The monoisotopic (exact) mass is 472 g/mol. The molecule has 0 aliphatic carbocycles. The highest BCUT2D eigenvalue weighted by Gasteiger charge is 2.31. The van der Waals surface area contributed by atoms with Crippen LogP contribution in [-0.2, 0) is 29.0 Å². The SMILES string of the molecule is CCOC(=O)c1c(NC(=O)/C(C#N)=C/c2ccccc2)sc2c1CC[NH+](Cc1ccccc1)C2. The highest BCUT2D eigenvalue weighted by atomic mass is 32.1. The third-order valence-electron chi connectivity index (χ3n) is 5.71. The second kappa shape index (κ2) is 10.9. The second-order valence-corrected chi connectivity index (χ2v) is 9.16. The molecule has 6 nitrogen and oxygen atoms in total. The Bertz CT molecular complexity index is 1240. The maximum absolute atomic E-state index is 12.9. The number of benzene rings is 2. The van der Waals surface area contributed by atoms with Gasteiger partial charge < -0.3 is 15.0 Å². The molecule has 172 valence electrons. The summed E-state index contributed by atoms with van der Waals surface area (Å²) in [6, 6.07) is 21.5. The van der Waals surface area contributed by atoms with Gasteiger partial charge in [0.15, 0.2) is 0 Å². The molecule has 3 aromatic rings. The van der Waals surface area contributed by atoms with Crippen molar-refractivity contribution in [1.29, 1.82) is 5.26 Å². The van der Waals surface area contributed by atoms with E-state index in [1.807, 2.05) is 54.6 Å². The molecular weight excluding hydrogens is 446 g/mol. The van der Waals surface area contributed by atoms with E-state index in [1.165, 1.54) is 21.8 Å². The lowest BCUT2D eigenvalue weighted by Gasteiger charge is -2.24. The fourth-order valence-corrected chi connectivity index (χ4v) is 5.42. The lowest BCUT2D eigenvalue weighted by Crippen LogP contribution is -3.10. The summed E-state index contributed by atoms with van der Waals surface area (Å²) in [4.78, 5) is 28.2. The third kappa shape index (κ3) is 5.42. The Kier molecular flexibility index (Phi) is 7.53. The number of esters is 1. The number of hydrogen-bond donors (Lipinski definition) is 2. The molecule has 4 rings (SSSR count). The summed E-state index contributed by atoms with van der Waals surface area (Å²) in [6.07, 6.45) is 2.27. The average molecular weight is 473 g/mol. The number of thiophene rings is 1. The van der Waals surface area contributed by atoms with Gasteiger partial charge in [-0.15, -0.1) is 11.3 Å². The lowest BCUT2D eigenvalue weighted by molar-refractivity contribution is -0.929. The number of carbonyl (C=O) groups is 2. The molecule has 0 fully saturated rings. The molecule has 0 spiro atoms. The van der Waals surface area contributed by atoms with Crippen molar-refractivity contribution in [3.05, 3.63) is 93.4 Å². The fraction of sp³-hybridized carbons (Fsp3) is 0.222. The largest absolute Gasteiger partial charge is 0.462 e. The van der Waals surface area contributed by atoms with Gasteiger partial charge in [0.25, 0.3) is 5.91 Å². The summed E-state index contributed by atoms with van der Waals surface area (Å²) in [5.41, 5.74) is 3.36. The highest BCUT2D eigenvalue weighted by molar-refractivity contribution is 7.17. The summed E-state index contributed by atoms with van der Waals surface area (Å²) in [5.74, 6) is -0.976. The van der Waals surface area contributed by atoms with E-state index in [2.05, 4.69) is 17.4 Å². The van der Waals surface area contributed by atoms with Crippen LogP contribution in [0.25, 0.3) is 6.08 Å². The Morgan fingerprint density at radius 2 is 1.85 bits per heavy atom. The molecule has 0 saturated heterocycles. The van der Waals surface area contributed by atoms with E-state index in [0.717, 1.165) is 42.1 Å². The highest BCUT2D eigenvalue weighted by Crippen LogP contribution is 2.35. The number of ether oxygens (including phenoxy) is 1. The normalized spacial score (nSPS) is 15.2. The molecular formula is C27H26N3O3S+. The minimum atomic E-state index is -0.538. The molecule has 1 aromatic heterocycles. The van der Waals surface area contributed by atoms with Crippen LogP contribution in [0, 0.1) is 11.3 Å². The van der Waals surface area contributed by atoms with Gasteiger partial charge in [-0.05, 0) is 24.1 Å². The molecule has 2 aromatic carbocycles. The van der Waals surface area contributed by atoms with Crippen molar-refractivity contribution in [2.24, 2.45) is 0 Å². The fourth-order valence-electron chi connectivity index (χ4n) is 4.11. The number of nitriles is 1. The third-order valence-corrected chi connectivity index (χ3v) is 6.86. The number of nitrogens with zero attached hydrogens (tertiary/aromatic N) is 1. The van der Waals surface area contributed by atoms with Crippen molar-refractivity contribution < 1.29 is 19.2 Å².